The Morgan fingerprint density at radius 3 is 2.31 bits per heavy atom. The smallest absolute Gasteiger partial charge is 0.0354 e. The van der Waals surface area contributed by atoms with E-state index in [1.807, 2.05) is 0 Å². The first-order chi connectivity index (χ1) is 7.53. The van der Waals surface area contributed by atoms with Crippen molar-refractivity contribution in [1.29, 1.82) is 0 Å². The molecule has 2 nitrogen and oxygen atoms in total. The molecule has 1 rings (SSSR count). The van der Waals surface area contributed by atoms with Crippen molar-refractivity contribution in [3.05, 3.63) is 0 Å². The van der Waals surface area contributed by atoms with Crippen molar-refractivity contribution in [2.24, 2.45) is 11.7 Å². The second-order valence-corrected chi connectivity index (χ2v) is 5.93. The quantitative estimate of drug-likeness (QED) is 0.781. The third-order valence-electron chi connectivity index (χ3n) is 4.59. The minimum atomic E-state index is 0.279. The van der Waals surface area contributed by atoms with Crippen molar-refractivity contribution < 1.29 is 0 Å². The predicted molar refractivity (Wildman–Crippen MR) is 71.6 cm³/mol. The highest BCUT2D eigenvalue weighted by molar-refractivity contribution is 4.99. The molecule has 0 aromatic rings. The van der Waals surface area contributed by atoms with E-state index in [4.69, 9.17) is 5.73 Å². The second-order valence-electron chi connectivity index (χ2n) is 5.93. The van der Waals surface area contributed by atoms with E-state index >= 15 is 0 Å². The minimum absolute atomic E-state index is 0.279. The lowest BCUT2D eigenvalue weighted by Crippen LogP contribution is -2.58. The fraction of sp³-hybridized carbons (Fsp3) is 1.00. The summed E-state index contributed by atoms with van der Waals surface area (Å²) in [7, 11) is 4.42. The van der Waals surface area contributed by atoms with E-state index in [0.29, 0.717) is 6.04 Å². The average Bonchev–Trinajstić information content (AvgIpc) is 2.26. The number of hydrogen-bond acceptors (Lipinski definition) is 2. The van der Waals surface area contributed by atoms with E-state index in [1.165, 1.54) is 44.9 Å². The molecule has 0 aromatic carbocycles. The fourth-order valence-corrected chi connectivity index (χ4v) is 3.10. The summed E-state index contributed by atoms with van der Waals surface area (Å²) in [6.07, 6.45) is 8.97. The van der Waals surface area contributed by atoms with Crippen LogP contribution in [-0.4, -0.2) is 30.6 Å². The Bertz CT molecular complexity index is 193. The maximum atomic E-state index is 6.47. The highest BCUT2D eigenvalue weighted by Crippen LogP contribution is 2.38. The van der Waals surface area contributed by atoms with Crippen molar-refractivity contribution in [3.63, 3.8) is 0 Å². The van der Waals surface area contributed by atoms with Gasteiger partial charge in [-0.25, -0.2) is 0 Å². The summed E-state index contributed by atoms with van der Waals surface area (Å²) in [5.74, 6) is 0.895. The maximum absolute atomic E-state index is 6.47. The van der Waals surface area contributed by atoms with Gasteiger partial charge in [0.1, 0.15) is 0 Å². The Morgan fingerprint density at radius 2 is 1.88 bits per heavy atom. The molecule has 0 aliphatic heterocycles. The summed E-state index contributed by atoms with van der Waals surface area (Å²) in [4.78, 5) is 2.40. The molecule has 1 saturated carbocycles. The summed E-state index contributed by atoms with van der Waals surface area (Å²) in [5, 5.41) is 0. The molecule has 1 atom stereocenters. The largest absolute Gasteiger partial charge is 0.326 e. The Kier molecular flexibility index (Phi) is 5.26. The highest BCUT2D eigenvalue weighted by atomic mass is 15.2. The Hall–Kier alpha value is -0.0800. The third kappa shape index (κ3) is 2.98. The van der Waals surface area contributed by atoms with Crippen LogP contribution in [0.2, 0.25) is 0 Å². The van der Waals surface area contributed by atoms with Crippen LogP contribution in [0.1, 0.15) is 58.8 Å². The summed E-state index contributed by atoms with van der Waals surface area (Å²) in [5.41, 5.74) is 6.75. The normalized spacial score (nSPS) is 33.0. The fourth-order valence-electron chi connectivity index (χ4n) is 3.10. The van der Waals surface area contributed by atoms with Crippen LogP contribution in [0.15, 0.2) is 0 Å². The van der Waals surface area contributed by atoms with E-state index in [9.17, 15) is 0 Å². The van der Waals surface area contributed by atoms with Gasteiger partial charge in [0.2, 0.25) is 0 Å². The highest BCUT2D eigenvalue weighted by Gasteiger charge is 2.40. The zero-order chi connectivity index (χ0) is 12.2. The molecule has 0 saturated heterocycles. The molecule has 2 N–H and O–H groups in total. The standard InChI is InChI=1S/C14H30N2/c1-5-6-7-13(15)14(16(3)4)10-8-12(2)9-11-14/h12-13H,5-11,15H2,1-4H3. The van der Waals surface area contributed by atoms with Crippen LogP contribution in [0.25, 0.3) is 0 Å². The Morgan fingerprint density at radius 1 is 1.31 bits per heavy atom. The van der Waals surface area contributed by atoms with Gasteiger partial charge in [-0.15, -0.1) is 0 Å². The molecular weight excluding hydrogens is 196 g/mol. The van der Waals surface area contributed by atoms with Crippen molar-refractivity contribution >= 4 is 0 Å². The van der Waals surface area contributed by atoms with Gasteiger partial charge in [0.05, 0.1) is 0 Å². The van der Waals surface area contributed by atoms with Crippen LogP contribution < -0.4 is 5.73 Å². The first-order valence-electron chi connectivity index (χ1n) is 6.96. The Balaban J connectivity index is 2.65. The first kappa shape index (κ1) is 14.0. The molecule has 1 unspecified atom stereocenters. The lowest BCUT2D eigenvalue weighted by molar-refractivity contribution is 0.0533. The summed E-state index contributed by atoms with van der Waals surface area (Å²) in [6, 6.07) is 0.356. The average molecular weight is 226 g/mol. The van der Waals surface area contributed by atoms with Crippen LogP contribution in [0, 0.1) is 5.92 Å². The van der Waals surface area contributed by atoms with Gasteiger partial charge in [-0.1, -0.05) is 26.7 Å². The van der Waals surface area contributed by atoms with Gasteiger partial charge in [-0.3, -0.25) is 0 Å². The van der Waals surface area contributed by atoms with E-state index < -0.39 is 0 Å². The number of rotatable bonds is 5. The van der Waals surface area contributed by atoms with Gasteiger partial charge in [0, 0.05) is 11.6 Å². The zero-order valence-corrected chi connectivity index (χ0v) is 11.6. The molecule has 1 aliphatic carbocycles. The topological polar surface area (TPSA) is 29.3 Å². The monoisotopic (exact) mass is 226 g/mol. The molecule has 16 heavy (non-hydrogen) atoms. The van der Waals surface area contributed by atoms with E-state index in [-0.39, 0.29) is 5.54 Å². The molecule has 96 valence electrons. The van der Waals surface area contributed by atoms with Gasteiger partial charge in [-0.05, 0) is 52.1 Å². The second kappa shape index (κ2) is 6.02. The van der Waals surface area contributed by atoms with Crippen LogP contribution in [0.5, 0.6) is 0 Å². The summed E-state index contributed by atoms with van der Waals surface area (Å²) in [6.45, 7) is 4.62. The van der Waals surface area contributed by atoms with Gasteiger partial charge in [0.25, 0.3) is 0 Å². The van der Waals surface area contributed by atoms with Crippen molar-refractivity contribution in [3.8, 4) is 0 Å². The lowest BCUT2D eigenvalue weighted by atomic mass is 9.71. The molecule has 0 amide bonds. The van der Waals surface area contributed by atoms with Crippen LogP contribution in [-0.2, 0) is 0 Å². The number of hydrogen-bond donors (Lipinski definition) is 1. The molecule has 0 radical (unpaired) electrons. The van der Waals surface area contributed by atoms with Gasteiger partial charge in [0.15, 0.2) is 0 Å². The zero-order valence-electron chi connectivity index (χ0n) is 11.6. The summed E-state index contributed by atoms with van der Waals surface area (Å²) < 4.78 is 0. The number of nitrogens with zero attached hydrogens (tertiary/aromatic N) is 1. The van der Waals surface area contributed by atoms with E-state index in [1.54, 1.807) is 0 Å². The maximum Gasteiger partial charge on any atom is 0.0354 e. The van der Waals surface area contributed by atoms with Gasteiger partial charge >= 0.3 is 0 Å². The molecule has 0 spiro atoms. The minimum Gasteiger partial charge on any atom is -0.326 e. The predicted octanol–water partition coefficient (Wildman–Crippen LogP) is 3.01. The molecule has 2 heteroatoms. The van der Waals surface area contributed by atoms with E-state index in [0.717, 1.165) is 5.92 Å². The molecule has 1 fully saturated rings. The van der Waals surface area contributed by atoms with Gasteiger partial charge < -0.3 is 10.6 Å². The first-order valence-corrected chi connectivity index (χ1v) is 6.96. The SMILES string of the molecule is CCCCC(N)C1(N(C)C)CCC(C)CC1. The molecule has 1 aliphatic rings. The summed E-state index contributed by atoms with van der Waals surface area (Å²) >= 11 is 0. The molecular formula is C14H30N2. The molecule has 0 bridgehead atoms. The molecule has 0 heterocycles. The van der Waals surface area contributed by atoms with Gasteiger partial charge in [-0.2, -0.15) is 0 Å². The van der Waals surface area contributed by atoms with Crippen LogP contribution >= 0.6 is 0 Å². The van der Waals surface area contributed by atoms with Crippen LogP contribution in [0.4, 0.5) is 0 Å². The third-order valence-corrected chi connectivity index (χ3v) is 4.59. The van der Waals surface area contributed by atoms with Crippen molar-refractivity contribution in [2.45, 2.75) is 70.4 Å². The van der Waals surface area contributed by atoms with Crippen molar-refractivity contribution in [1.82, 2.24) is 4.90 Å². The van der Waals surface area contributed by atoms with Crippen molar-refractivity contribution in [2.75, 3.05) is 14.1 Å². The van der Waals surface area contributed by atoms with Crippen LogP contribution in [0.3, 0.4) is 0 Å². The Labute approximate surface area is 102 Å². The van der Waals surface area contributed by atoms with E-state index in [2.05, 4.69) is 32.8 Å². The number of likely N-dealkylation sites (N-methyl/N-ethyl adjacent to an activating group) is 1. The number of unbranched alkanes of at least 4 members (excludes halogenated alkanes) is 1. The lowest BCUT2D eigenvalue weighted by Gasteiger charge is -2.48. The number of nitrogens with two attached hydrogens (primary N) is 1. The molecule has 0 aromatic heterocycles.